The highest BCUT2D eigenvalue weighted by Crippen LogP contribution is 2.11. The summed E-state index contributed by atoms with van der Waals surface area (Å²) in [5.74, 6) is 1.96. The maximum atomic E-state index is 12.1. The Morgan fingerprint density at radius 1 is 1.75 bits per heavy atom. The minimum atomic E-state index is -0.0971. The van der Waals surface area contributed by atoms with Crippen LogP contribution >= 0.6 is 11.8 Å². The van der Waals surface area contributed by atoms with Gasteiger partial charge in [-0.1, -0.05) is 0 Å². The molecule has 1 fully saturated rings. The van der Waals surface area contributed by atoms with E-state index < -0.39 is 0 Å². The van der Waals surface area contributed by atoms with Crippen LogP contribution in [-0.4, -0.2) is 48.0 Å². The summed E-state index contributed by atoms with van der Waals surface area (Å²) in [6.07, 6.45) is 0. The highest BCUT2D eigenvalue weighted by atomic mass is 32.2. The highest BCUT2D eigenvalue weighted by molar-refractivity contribution is 7.99. The molecule has 0 spiro atoms. The summed E-state index contributed by atoms with van der Waals surface area (Å²) >= 11 is 1.81. The van der Waals surface area contributed by atoms with Gasteiger partial charge in [0.25, 0.3) is 0 Å². The van der Waals surface area contributed by atoms with Gasteiger partial charge in [0.05, 0.1) is 18.0 Å². The van der Waals surface area contributed by atoms with Crippen LogP contribution < -0.4 is 5.32 Å². The lowest BCUT2D eigenvalue weighted by Crippen LogP contribution is -2.51. The van der Waals surface area contributed by atoms with E-state index in [-0.39, 0.29) is 17.9 Å². The number of nitrogens with zero attached hydrogens (tertiary/aromatic N) is 2. The third-order valence-electron chi connectivity index (χ3n) is 2.63. The number of thioether (sulfide) groups is 1. The van der Waals surface area contributed by atoms with Gasteiger partial charge in [0.2, 0.25) is 5.91 Å². The summed E-state index contributed by atoms with van der Waals surface area (Å²) in [5.41, 5.74) is 0. The largest absolute Gasteiger partial charge is 0.340 e. The summed E-state index contributed by atoms with van der Waals surface area (Å²) in [5, 5.41) is 12.0. The topological polar surface area (TPSA) is 56.1 Å². The van der Waals surface area contributed by atoms with E-state index in [1.54, 1.807) is 4.90 Å². The molecule has 1 saturated heterocycles. The molecule has 0 saturated carbocycles. The van der Waals surface area contributed by atoms with Crippen molar-refractivity contribution in [1.29, 1.82) is 5.26 Å². The second kappa shape index (κ2) is 6.77. The number of rotatable bonds is 4. The molecule has 0 aromatic rings. The summed E-state index contributed by atoms with van der Waals surface area (Å²) in [7, 11) is 0. The van der Waals surface area contributed by atoms with Crippen molar-refractivity contribution in [2.45, 2.75) is 19.9 Å². The molecule has 1 amide bonds. The van der Waals surface area contributed by atoms with Crippen LogP contribution in [-0.2, 0) is 4.79 Å². The van der Waals surface area contributed by atoms with Gasteiger partial charge in [-0.2, -0.15) is 17.0 Å². The van der Waals surface area contributed by atoms with Crippen molar-refractivity contribution in [2.75, 3.05) is 31.1 Å². The normalized spacial score (nSPS) is 22.2. The van der Waals surface area contributed by atoms with Gasteiger partial charge in [-0.3, -0.25) is 4.79 Å². The van der Waals surface area contributed by atoms with Crippen LogP contribution in [0.3, 0.4) is 0 Å². The first-order valence-corrected chi connectivity index (χ1v) is 6.84. The summed E-state index contributed by atoms with van der Waals surface area (Å²) in [6, 6.07) is 2.10. The Morgan fingerprint density at radius 3 is 3.00 bits per heavy atom. The molecule has 5 heteroatoms. The fourth-order valence-electron chi connectivity index (χ4n) is 1.69. The van der Waals surface area contributed by atoms with E-state index in [1.165, 1.54) is 0 Å². The molecule has 1 rings (SSSR count). The smallest absolute Gasteiger partial charge is 0.240 e. The zero-order valence-corrected chi connectivity index (χ0v) is 10.7. The van der Waals surface area contributed by atoms with Gasteiger partial charge in [-0.25, -0.2) is 0 Å². The number of carbonyl (C=O) groups is 1. The van der Waals surface area contributed by atoms with Crippen LogP contribution in [0.1, 0.15) is 13.8 Å². The molecule has 0 bridgehead atoms. The third-order valence-corrected chi connectivity index (χ3v) is 3.69. The predicted molar refractivity (Wildman–Crippen MR) is 66.1 cm³/mol. The number of amides is 1. The lowest BCUT2D eigenvalue weighted by atomic mass is 10.1. The van der Waals surface area contributed by atoms with E-state index in [0.29, 0.717) is 13.1 Å². The first-order valence-electron chi connectivity index (χ1n) is 5.68. The summed E-state index contributed by atoms with van der Waals surface area (Å²) in [6.45, 7) is 5.91. The number of hydrogen-bond donors (Lipinski definition) is 1. The molecule has 0 radical (unpaired) electrons. The molecular formula is C11H19N3OS. The van der Waals surface area contributed by atoms with E-state index in [9.17, 15) is 4.79 Å². The van der Waals surface area contributed by atoms with Crippen molar-refractivity contribution in [3.05, 3.63) is 0 Å². The van der Waals surface area contributed by atoms with Crippen molar-refractivity contribution in [2.24, 2.45) is 5.92 Å². The number of likely N-dealkylation sites (N-methyl/N-ethyl adjacent to an activating group) is 1. The Balaban J connectivity index is 2.51. The molecule has 0 aliphatic carbocycles. The molecule has 1 aliphatic rings. The van der Waals surface area contributed by atoms with Crippen molar-refractivity contribution >= 4 is 17.7 Å². The Hall–Kier alpha value is -0.730. The SMILES string of the molecule is CCN(CC(C)C#N)C(=O)C1CSCCN1. The van der Waals surface area contributed by atoms with Gasteiger partial charge in [0.1, 0.15) is 0 Å². The fraction of sp³-hybridized carbons (Fsp3) is 0.818. The third kappa shape index (κ3) is 3.69. The molecule has 2 unspecified atom stereocenters. The Labute approximate surface area is 101 Å². The monoisotopic (exact) mass is 241 g/mol. The second-order valence-corrected chi connectivity index (χ2v) is 5.14. The molecule has 16 heavy (non-hydrogen) atoms. The van der Waals surface area contributed by atoms with Gasteiger partial charge in [-0.15, -0.1) is 0 Å². The summed E-state index contributed by atoms with van der Waals surface area (Å²) in [4.78, 5) is 13.9. The van der Waals surface area contributed by atoms with Crippen LogP contribution in [0.15, 0.2) is 0 Å². The van der Waals surface area contributed by atoms with Crippen LogP contribution in [0, 0.1) is 17.2 Å². The van der Waals surface area contributed by atoms with E-state index >= 15 is 0 Å². The molecule has 4 nitrogen and oxygen atoms in total. The van der Waals surface area contributed by atoms with Gasteiger partial charge >= 0.3 is 0 Å². The van der Waals surface area contributed by atoms with Gasteiger partial charge in [0, 0.05) is 31.1 Å². The maximum absolute atomic E-state index is 12.1. The number of carbonyl (C=O) groups excluding carboxylic acids is 1. The lowest BCUT2D eigenvalue weighted by molar-refractivity contribution is -0.133. The zero-order chi connectivity index (χ0) is 12.0. The van der Waals surface area contributed by atoms with E-state index in [4.69, 9.17) is 5.26 Å². The lowest BCUT2D eigenvalue weighted by Gasteiger charge is -2.29. The number of nitrogens with one attached hydrogen (secondary N) is 1. The van der Waals surface area contributed by atoms with Gasteiger partial charge < -0.3 is 10.2 Å². The number of nitriles is 1. The van der Waals surface area contributed by atoms with Crippen molar-refractivity contribution in [1.82, 2.24) is 10.2 Å². The Kier molecular flexibility index (Phi) is 5.64. The first-order chi connectivity index (χ1) is 7.69. The van der Waals surface area contributed by atoms with E-state index in [1.807, 2.05) is 25.6 Å². The standard InChI is InChI=1S/C11H19N3OS/c1-3-14(7-9(2)6-12)11(15)10-8-16-5-4-13-10/h9-10,13H,3-5,7-8H2,1-2H3. The predicted octanol–water partition coefficient (Wildman–Crippen LogP) is 0.700. The van der Waals surface area contributed by atoms with Crippen molar-refractivity contribution in [3.63, 3.8) is 0 Å². The van der Waals surface area contributed by atoms with E-state index in [0.717, 1.165) is 18.1 Å². The second-order valence-electron chi connectivity index (χ2n) is 3.99. The summed E-state index contributed by atoms with van der Waals surface area (Å²) < 4.78 is 0. The molecular weight excluding hydrogens is 222 g/mol. The minimum Gasteiger partial charge on any atom is -0.340 e. The minimum absolute atomic E-state index is 0.0652. The van der Waals surface area contributed by atoms with E-state index in [2.05, 4.69) is 11.4 Å². The quantitative estimate of drug-likeness (QED) is 0.787. The van der Waals surface area contributed by atoms with Gasteiger partial charge in [0.15, 0.2) is 0 Å². The molecule has 1 heterocycles. The van der Waals surface area contributed by atoms with Gasteiger partial charge in [-0.05, 0) is 13.8 Å². The maximum Gasteiger partial charge on any atom is 0.240 e. The average molecular weight is 241 g/mol. The van der Waals surface area contributed by atoms with Crippen molar-refractivity contribution < 1.29 is 4.79 Å². The zero-order valence-electron chi connectivity index (χ0n) is 9.90. The van der Waals surface area contributed by atoms with Crippen molar-refractivity contribution in [3.8, 4) is 6.07 Å². The highest BCUT2D eigenvalue weighted by Gasteiger charge is 2.25. The molecule has 0 aromatic carbocycles. The Bertz CT molecular complexity index is 271. The van der Waals surface area contributed by atoms with Crippen LogP contribution in [0.4, 0.5) is 0 Å². The van der Waals surface area contributed by atoms with Crippen LogP contribution in [0.2, 0.25) is 0 Å². The average Bonchev–Trinajstić information content (AvgIpc) is 2.35. The first kappa shape index (κ1) is 13.3. The van der Waals surface area contributed by atoms with Crippen LogP contribution in [0.25, 0.3) is 0 Å². The Morgan fingerprint density at radius 2 is 2.50 bits per heavy atom. The molecule has 2 atom stereocenters. The molecule has 0 aromatic heterocycles. The number of hydrogen-bond acceptors (Lipinski definition) is 4. The molecule has 1 N–H and O–H groups in total. The van der Waals surface area contributed by atoms with Crippen LogP contribution in [0.5, 0.6) is 0 Å². The fourth-order valence-corrected chi connectivity index (χ4v) is 2.62. The molecule has 90 valence electrons. The molecule has 1 aliphatic heterocycles.